The normalized spacial score (nSPS) is 12.2. The number of hydrogen-bond acceptors (Lipinski definition) is 4. The minimum Gasteiger partial charge on any atom is -0.497 e. The van der Waals surface area contributed by atoms with E-state index in [4.69, 9.17) is 14.2 Å². The summed E-state index contributed by atoms with van der Waals surface area (Å²) in [5.74, 6) is 1.00. The van der Waals surface area contributed by atoms with E-state index < -0.39 is 0 Å². The minimum atomic E-state index is -0.283. The number of carbonyl (C=O) groups is 1. The topological polar surface area (TPSA) is 44.8 Å². The van der Waals surface area contributed by atoms with Crippen LogP contribution in [0.15, 0.2) is 60.7 Å². The molecule has 0 bridgehead atoms. The van der Waals surface area contributed by atoms with Crippen molar-refractivity contribution in [3.05, 3.63) is 83.2 Å². The van der Waals surface area contributed by atoms with Crippen molar-refractivity contribution in [2.75, 3.05) is 13.7 Å². The molecule has 0 N–H and O–H groups in total. The first-order chi connectivity index (χ1) is 17.6. The van der Waals surface area contributed by atoms with Gasteiger partial charge in [0.2, 0.25) is 0 Å². The SMILES string of the molecule is CCOC(=O)CC(CC)c1cccc(COc2ccc(-c3cc(OC)ccc3F)c(CC(C)(C)C)c2)c1. The number of carbonyl (C=O) groups excluding carboxylic acids is 1. The van der Waals surface area contributed by atoms with Gasteiger partial charge in [0.05, 0.1) is 20.1 Å². The first kappa shape index (κ1) is 28.2. The Kier molecular flexibility index (Phi) is 9.73. The van der Waals surface area contributed by atoms with E-state index in [-0.39, 0.29) is 23.1 Å². The van der Waals surface area contributed by atoms with Gasteiger partial charge in [-0.2, -0.15) is 0 Å². The van der Waals surface area contributed by atoms with Crippen LogP contribution in [0.2, 0.25) is 0 Å². The summed E-state index contributed by atoms with van der Waals surface area (Å²) in [5, 5.41) is 0. The Balaban J connectivity index is 1.83. The van der Waals surface area contributed by atoms with Crippen molar-refractivity contribution < 1.29 is 23.4 Å². The second kappa shape index (κ2) is 12.8. The molecule has 3 aromatic carbocycles. The van der Waals surface area contributed by atoms with Crippen LogP contribution in [-0.4, -0.2) is 19.7 Å². The lowest BCUT2D eigenvalue weighted by Gasteiger charge is -2.22. The van der Waals surface area contributed by atoms with Gasteiger partial charge < -0.3 is 14.2 Å². The molecule has 3 aromatic rings. The molecule has 0 spiro atoms. The Hall–Kier alpha value is -3.34. The van der Waals surface area contributed by atoms with Gasteiger partial charge in [0.25, 0.3) is 0 Å². The van der Waals surface area contributed by atoms with Gasteiger partial charge in [-0.05, 0) is 83.7 Å². The molecule has 0 heterocycles. The maximum absolute atomic E-state index is 14.8. The van der Waals surface area contributed by atoms with Crippen LogP contribution in [0.25, 0.3) is 11.1 Å². The molecule has 0 aliphatic heterocycles. The molecule has 0 aliphatic rings. The average molecular weight is 507 g/mol. The van der Waals surface area contributed by atoms with Crippen molar-refractivity contribution in [2.45, 2.75) is 66.4 Å². The standard InChI is InChI=1S/C32H39FO4/c1-7-23(18-31(34)36-8-2)24-11-9-10-22(16-24)21-37-27-12-14-28(25(17-27)20-32(3,4)5)29-19-26(35-6)13-15-30(29)33/h9-17,19,23H,7-8,18,20-21H2,1-6H3. The summed E-state index contributed by atoms with van der Waals surface area (Å²) >= 11 is 0. The van der Waals surface area contributed by atoms with Crippen LogP contribution in [0, 0.1) is 11.2 Å². The van der Waals surface area contributed by atoms with Crippen LogP contribution in [-0.2, 0) is 22.6 Å². The fourth-order valence-corrected chi connectivity index (χ4v) is 4.50. The van der Waals surface area contributed by atoms with Crippen LogP contribution in [0.4, 0.5) is 4.39 Å². The van der Waals surface area contributed by atoms with Gasteiger partial charge in [-0.25, -0.2) is 4.39 Å². The van der Waals surface area contributed by atoms with E-state index in [0.29, 0.717) is 30.9 Å². The quantitative estimate of drug-likeness (QED) is 0.246. The van der Waals surface area contributed by atoms with Gasteiger partial charge in [-0.1, -0.05) is 58.0 Å². The molecule has 5 heteroatoms. The molecule has 0 saturated heterocycles. The molecule has 4 nitrogen and oxygen atoms in total. The highest BCUT2D eigenvalue weighted by Crippen LogP contribution is 2.35. The second-order valence-corrected chi connectivity index (χ2v) is 10.6. The summed E-state index contributed by atoms with van der Waals surface area (Å²) in [6, 6.07) is 18.8. The lowest BCUT2D eigenvalue weighted by molar-refractivity contribution is -0.143. The summed E-state index contributed by atoms with van der Waals surface area (Å²) in [6.45, 7) is 11.2. The summed E-state index contributed by atoms with van der Waals surface area (Å²) < 4.78 is 31.5. The molecule has 1 atom stereocenters. The summed E-state index contributed by atoms with van der Waals surface area (Å²) in [7, 11) is 1.58. The molecule has 1 unspecified atom stereocenters. The molecular weight excluding hydrogens is 467 g/mol. The first-order valence-electron chi connectivity index (χ1n) is 13.0. The van der Waals surface area contributed by atoms with E-state index in [1.807, 2.05) is 37.3 Å². The van der Waals surface area contributed by atoms with E-state index in [1.165, 1.54) is 6.07 Å². The van der Waals surface area contributed by atoms with E-state index >= 15 is 0 Å². The Bertz CT molecular complexity index is 1200. The Labute approximate surface area is 220 Å². The second-order valence-electron chi connectivity index (χ2n) is 10.6. The van der Waals surface area contributed by atoms with Gasteiger partial charge in [0.15, 0.2) is 0 Å². The Morgan fingerprint density at radius 1 is 0.946 bits per heavy atom. The van der Waals surface area contributed by atoms with Crippen molar-refractivity contribution in [3.8, 4) is 22.6 Å². The van der Waals surface area contributed by atoms with E-state index in [1.54, 1.807) is 19.2 Å². The molecule has 0 aromatic heterocycles. The molecule has 0 amide bonds. The van der Waals surface area contributed by atoms with Crippen molar-refractivity contribution in [3.63, 3.8) is 0 Å². The van der Waals surface area contributed by atoms with Crippen LogP contribution < -0.4 is 9.47 Å². The number of esters is 1. The number of benzene rings is 3. The van der Waals surface area contributed by atoms with Crippen LogP contribution in [0.5, 0.6) is 11.5 Å². The summed E-state index contributed by atoms with van der Waals surface area (Å²) in [5.41, 5.74) is 4.52. The van der Waals surface area contributed by atoms with Crippen LogP contribution >= 0.6 is 0 Å². The fourth-order valence-electron chi connectivity index (χ4n) is 4.50. The molecule has 0 saturated carbocycles. The molecular formula is C32H39FO4. The van der Waals surface area contributed by atoms with Crippen molar-refractivity contribution >= 4 is 5.97 Å². The van der Waals surface area contributed by atoms with Crippen molar-refractivity contribution in [1.29, 1.82) is 0 Å². The van der Waals surface area contributed by atoms with E-state index in [9.17, 15) is 9.18 Å². The average Bonchev–Trinajstić information content (AvgIpc) is 2.86. The molecule has 198 valence electrons. The van der Waals surface area contributed by atoms with E-state index in [2.05, 4.69) is 39.8 Å². The maximum Gasteiger partial charge on any atom is 0.306 e. The van der Waals surface area contributed by atoms with Crippen LogP contribution in [0.1, 0.15) is 70.1 Å². The maximum atomic E-state index is 14.8. The van der Waals surface area contributed by atoms with Crippen molar-refractivity contribution in [2.24, 2.45) is 5.41 Å². The number of halogens is 1. The van der Waals surface area contributed by atoms with Gasteiger partial charge in [0, 0.05) is 5.56 Å². The molecule has 0 fully saturated rings. The van der Waals surface area contributed by atoms with E-state index in [0.717, 1.165) is 40.8 Å². The molecule has 0 radical (unpaired) electrons. The molecule has 3 rings (SSSR count). The number of rotatable bonds is 11. The number of hydrogen-bond donors (Lipinski definition) is 0. The largest absolute Gasteiger partial charge is 0.497 e. The third-order valence-electron chi connectivity index (χ3n) is 6.30. The highest BCUT2D eigenvalue weighted by molar-refractivity contribution is 5.71. The van der Waals surface area contributed by atoms with Crippen LogP contribution in [0.3, 0.4) is 0 Å². The van der Waals surface area contributed by atoms with Gasteiger partial charge in [0.1, 0.15) is 23.9 Å². The number of ether oxygens (including phenoxy) is 3. The lowest BCUT2D eigenvalue weighted by Crippen LogP contribution is -2.11. The number of methoxy groups -OCH3 is 1. The Morgan fingerprint density at radius 3 is 2.38 bits per heavy atom. The Morgan fingerprint density at radius 2 is 1.70 bits per heavy atom. The molecule has 37 heavy (non-hydrogen) atoms. The third-order valence-corrected chi connectivity index (χ3v) is 6.30. The van der Waals surface area contributed by atoms with Gasteiger partial charge in [-0.3, -0.25) is 4.79 Å². The predicted molar refractivity (Wildman–Crippen MR) is 147 cm³/mol. The summed E-state index contributed by atoms with van der Waals surface area (Å²) in [4.78, 5) is 12.0. The molecule has 0 aliphatic carbocycles. The van der Waals surface area contributed by atoms with Gasteiger partial charge in [-0.15, -0.1) is 0 Å². The third kappa shape index (κ3) is 8.08. The zero-order chi connectivity index (χ0) is 27.0. The summed E-state index contributed by atoms with van der Waals surface area (Å²) in [6.07, 6.45) is 1.98. The monoisotopic (exact) mass is 506 g/mol. The predicted octanol–water partition coefficient (Wildman–Crippen LogP) is 8.12. The zero-order valence-electron chi connectivity index (χ0n) is 22.9. The first-order valence-corrected chi connectivity index (χ1v) is 13.0. The van der Waals surface area contributed by atoms with Gasteiger partial charge >= 0.3 is 5.97 Å². The lowest BCUT2D eigenvalue weighted by atomic mass is 9.84. The smallest absolute Gasteiger partial charge is 0.306 e. The highest BCUT2D eigenvalue weighted by Gasteiger charge is 2.19. The highest BCUT2D eigenvalue weighted by atomic mass is 19.1. The zero-order valence-corrected chi connectivity index (χ0v) is 22.9. The minimum absolute atomic E-state index is 0.00510. The fraction of sp³-hybridized carbons (Fsp3) is 0.406. The van der Waals surface area contributed by atoms with Crippen molar-refractivity contribution in [1.82, 2.24) is 0 Å².